The number of benzene rings is 1. The Morgan fingerprint density at radius 1 is 1.22 bits per heavy atom. The highest BCUT2D eigenvalue weighted by molar-refractivity contribution is 6.31. The van der Waals surface area contributed by atoms with Crippen molar-refractivity contribution in [3.8, 4) is 5.75 Å². The number of carbonyl (C=O) groups excluding carboxylic acids is 2. The van der Waals surface area contributed by atoms with Crippen LogP contribution >= 0.6 is 11.6 Å². The zero-order chi connectivity index (χ0) is 22.8. The molecular weight excluding hydrogens is 432 g/mol. The van der Waals surface area contributed by atoms with E-state index in [-0.39, 0.29) is 29.7 Å². The van der Waals surface area contributed by atoms with E-state index in [4.69, 9.17) is 20.9 Å². The van der Waals surface area contributed by atoms with Crippen LogP contribution in [-0.4, -0.2) is 47.1 Å². The number of halogens is 1. The molecule has 1 aliphatic carbocycles. The average molecular weight is 461 g/mol. The molecule has 2 aliphatic rings. The van der Waals surface area contributed by atoms with Crippen LogP contribution in [0.2, 0.25) is 5.02 Å². The lowest BCUT2D eigenvalue weighted by molar-refractivity contribution is -0.127. The van der Waals surface area contributed by atoms with Crippen LogP contribution in [0.3, 0.4) is 0 Å². The van der Waals surface area contributed by atoms with E-state index >= 15 is 0 Å². The molecule has 8 nitrogen and oxygen atoms in total. The number of methoxy groups -OCH3 is 1. The molecule has 2 amide bonds. The topological polar surface area (TPSA) is 97.6 Å². The van der Waals surface area contributed by atoms with Gasteiger partial charge in [-0.25, -0.2) is 0 Å². The molecule has 172 valence electrons. The van der Waals surface area contributed by atoms with Gasteiger partial charge in [-0.05, 0) is 49.8 Å². The average Bonchev–Trinajstić information content (AvgIpc) is 3.53. The van der Waals surface area contributed by atoms with E-state index in [0.717, 1.165) is 18.7 Å². The minimum absolute atomic E-state index is 0.0395. The number of nitrogens with one attached hydrogen (secondary N) is 1. The van der Waals surface area contributed by atoms with Gasteiger partial charge in [0, 0.05) is 29.9 Å². The largest absolute Gasteiger partial charge is 0.496 e. The first-order valence-electron chi connectivity index (χ1n) is 11.1. The predicted molar refractivity (Wildman–Crippen MR) is 119 cm³/mol. The fourth-order valence-corrected chi connectivity index (χ4v) is 4.20. The third kappa shape index (κ3) is 4.90. The van der Waals surface area contributed by atoms with Gasteiger partial charge in [-0.15, -0.1) is 0 Å². The predicted octanol–water partition coefficient (Wildman–Crippen LogP) is 3.97. The van der Waals surface area contributed by atoms with Crippen molar-refractivity contribution >= 4 is 23.4 Å². The van der Waals surface area contributed by atoms with Gasteiger partial charge in [0.1, 0.15) is 11.8 Å². The Hall–Kier alpha value is -2.61. The SMILES string of the molecule is COc1ccc(Cl)cc1C(=O)N1CCC(C(=O)NC(c2nc(C3CC3)no2)C(C)C)CC1. The number of carbonyl (C=O) groups is 2. The third-order valence-corrected chi connectivity index (χ3v) is 6.41. The molecule has 1 aromatic carbocycles. The van der Waals surface area contributed by atoms with Crippen molar-refractivity contribution in [2.45, 2.75) is 51.5 Å². The molecule has 0 spiro atoms. The van der Waals surface area contributed by atoms with Gasteiger partial charge in [0.2, 0.25) is 11.8 Å². The second kappa shape index (κ2) is 9.48. The maximum Gasteiger partial charge on any atom is 0.257 e. The summed E-state index contributed by atoms with van der Waals surface area (Å²) < 4.78 is 10.8. The molecule has 4 rings (SSSR count). The molecule has 1 atom stereocenters. The van der Waals surface area contributed by atoms with E-state index in [1.807, 2.05) is 13.8 Å². The van der Waals surface area contributed by atoms with Crippen LogP contribution in [-0.2, 0) is 4.79 Å². The number of piperidine rings is 1. The summed E-state index contributed by atoms with van der Waals surface area (Å²) in [4.78, 5) is 32.2. The summed E-state index contributed by atoms with van der Waals surface area (Å²) in [6, 6.07) is 4.68. The van der Waals surface area contributed by atoms with Crippen molar-refractivity contribution in [2.75, 3.05) is 20.2 Å². The zero-order valence-corrected chi connectivity index (χ0v) is 19.4. The number of aromatic nitrogens is 2. The quantitative estimate of drug-likeness (QED) is 0.671. The molecular formula is C23H29ClN4O4. The molecule has 32 heavy (non-hydrogen) atoms. The second-order valence-corrected chi connectivity index (χ2v) is 9.34. The van der Waals surface area contributed by atoms with Crippen molar-refractivity contribution in [3.05, 3.63) is 40.5 Å². The second-order valence-electron chi connectivity index (χ2n) is 8.91. The molecule has 2 fully saturated rings. The molecule has 2 heterocycles. The van der Waals surface area contributed by atoms with Gasteiger partial charge >= 0.3 is 0 Å². The Morgan fingerprint density at radius 3 is 2.56 bits per heavy atom. The van der Waals surface area contributed by atoms with Crippen LogP contribution in [0.4, 0.5) is 0 Å². The first-order chi connectivity index (χ1) is 15.4. The molecule has 1 unspecified atom stereocenters. The molecule has 0 radical (unpaired) electrons. The number of hydrogen-bond donors (Lipinski definition) is 1. The normalized spacial score (nSPS) is 18.0. The van der Waals surface area contributed by atoms with Crippen molar-refractivity contribution in [1.29, 1.82) is 0 Å². The highest BCUT2D eigenvalue weighted by atomic mass is 35.5. The highest BCUT2D eigenvalue weighted by Gasteiger charge is 2.34. The van der Waals surface area contributed by atoms with Gasteiger partial charge in [0.25, 0.3) is 5.91 Å². The van der Waals surface area contributed by atoms with Crippen LogP contribution in [0.25, 0.3) is 0 Å². The summed E-state index contributed by atoms with van der Waals surface area (Å²) in [5, 5.41) is 7.66. The van der Waals surface area contributed by atoms with E-state index in [0.29, 0.717) is 54.1 Å². The van der Waals surface area contributed by atoms with E-state index in [9.17, 15) is 9.59 Å². The van der Waals surface area contributed by atoms with Gasteiger partial charge in [0.15, 0.2) is 5.82 Å². The molecule has 1 N–H and O–H groups in total. The van der Waals surface area contributed by atoms with Crippen LogP contribution in [0, 0.1) is 11.8 Å². The molecule has 0 bridgehead atoms. The van der Waals surface area contributed by atoms with Gasteiger partial charge in [-0.1, -0.05) is 30.6 Å². The summed E-state index contributed by atoms with van der Waals surface area (Å²) in [5.41, 5.74) is 0.436. The summed E-state index contributed by atoms with van der Waals surface area (Å²) in [6.45, 7) is 5.02. The van der Waals surface area contributed by atoms with Gasteiger partial charge in [0.05, 0.1) is 12.7 Å². The first-order valence-corrected chi connectivity index (χ1v) is 11.5. The first kappa shape index (κ1) is 22.6. The van der Waals surface area contributed by atoms with E-state index in [2.05, 4.69) is 15.5 Å². The molecule has 9 heteroatoms. The van der Waals surface area contributed by atoms with Gasteiger partial charge < -0.3 is 19.5 Å². The van der Waals surface area contributed by atoms with Crippen LogP contribution in [0.15, 0.2) is 22.7 Å². The summed E-state index contributed by atoms with van der Waals surface area (Å²) >= 11 is 6.07. The Balaban J connectivity index is 1.36. The van der Waals surface area contributed by atoms with E-state index in [1.165, 1.54) is 7.11 Å². The third-order valence-electron chi connectivity index (χ3n) is 6.18. The lowest BCUT2D eigenvalue weighted by Crippen LogP contribution is -2.44. The molecule has 1 saturated heterocycles. The van der Waals surface area contributed by atoms with E-state index in [1.54, 1.807) is 23.1 Å². The maximum absolute atomic E-state index is 13.0. The van der Waals surface area contributed by atoms with Gasteiger partial charge in [-0.3, -0.25) is 9.59 Å². The van der Waals surface area contributed by atoms with Crippen molar-refractivity contribution in [3.63, 3.8) is 0 Å². The Labute approximate surface area is 192 Å². The number of hydrogen-bond acceptors (Lipinski definition) is 6. The molecule has 2 aromatic rings. The lowest BCUT2D eigenvalue weighted by atomic mass is 9.94. The van der Waals surface area contributed by atoms with Crippen molar-refractivity contribution in [1.82, 2.24) is 20.4 Å². The standard InChI is InChI=1S/C23H29ClN4O4/c1-13(2)19(22-26-20(27-32-22)14-4-5-14)25-21(29)15-8-10-28(11-9-15)23(30)17-12-16(24)6-7-18(17)31-3/h6-7,12-15,19H,4-5,8-11H2,1-3H3,(H,25,29). The molecule has 1 aliphatic heterocycles. The maximum atomic E-state index is 13.0. The number of nitrogens with zero attached hydrogens (tertiary/aromatic N) is 3. The fourth-order valence-electron chi connectivity index (χ4n) is 4.03. The Kier molecular flexibility index (Phi) is 6.69. The highest BCUT2D eigenvalue weighted by Crippen LogP contribution is 2.38. The minimum atomic E-state index is -0.321. The zero-order valence-electron chi connectivity index (χ0n) is 18.6. The Bertz CT molecular complexity index is 980. The van der Waals surface area contributed by atoms with Gasteiger partial charge in [-0.2, -0.15) is 4.98 Å². The van der Waals surface area contributed by atoms with Crippen molar-refractivity contribution < 1.29 is 18.8 Å². The van der Waals surface area contributed by atoms with Crippen LogP contribution < -0.4 is 10.1 Å². The lowest BCUT2D eigenvalue weighted by Gasteiger charge is -2.32. The summed E-state index contributed by atoms with van der Waals surface area (Å²) in [5.74, 6) is 1.86. The monoisotopic (exact) mass is 460 g/mol. The van der Waals surface area contributed by atoms with E-state index < -0.39 is 0 Å². The number of ether oxygens (including phenoxy) is 1. The van der Waals surface area contributed by atoms with Crippen LogP contribution in [0.5, 0.6) is 5.75 Å². The smallest absolute Gasteiger partial charge is 0.257 e. The number of amides is 2. The summed E-state index contributed by atoms with van der Waals surface area (Å²) in [7, 11) is 1.53. The number of likely N-dealkylation sites (tertiary alicyclic amines) is 1. The number of rotatable bonds is 7. The fraction of sp³-hybridized carbons (Fsp3) is 0.565. The Morgan fingerprint density at radius 2 is 1.94 bits per heavy atom. The molecule has 1 saturated carbocycles. The van der Waals surface area contributed by atoms with Crippen LogP contribution in [0.1, 0.15) is 73.6 Å². The molecule has 1 aromatic heterocycles. The minimum Gasteiger partial charge on any atom is -0.496 e. The summed E-state index contributed by atoms with van der Waals surface area (Å²) in [6.07, 6.45) is 3.36. The van der Waals surface area contributed by atoms with Crippen molar-refractivity contribution in [2.24, 2.45) is 11.8 Å².